The molecule has 0 saturated carbocycles. The highest BCUT2D eigenvalue weighted by molar-refractivity contribution is 7.16. The van der Waals surface area contributed by atoms with Crippen LogP contribution in [0.5, 0.6) is 0 Å². The second-order valence-corrected chi connectivity index (χ2v) is 6.34. The molecule has 3 unspecified atom stereocenters. The summed E-state index contributed by atoms with van der Waals surface area (Å²) in [4.78, 5) is 0. The Hall–Kier alpha value is 0.495. The van der Waals surface area contributed by atoms with Gasteiger partial charge in [-0.15, -0.1) is 9.24 Å². The highest BCUT2D eigenvalue weighted by atomic mass is 31.0. The first-order chi connectivity index (χ1) is 7.79. The molecule has 0 aromatic carbocycles. The van der Waals surface area contributed by atoms with Crippen LogP contribution in [0, 0.1) is 0 Å². The Morgan fingerprint density at radius 1 is 1.19 bits per heavy atom. The van der Waals surface area contributed by atoms with Gasteiger partial charge >= 0.3 is 0 Å². The van der Waals surface area contributed by atoms with Crippen LogP contribution in [0.15, 0.2) is 0 Å². The lowest BCUT2D eigenvalue weighted by Crippen LogP contribution is -2.29. The van der Waals surface area contributed by atoms with E-state index in [1.165, 1.54) is 63.8 Å². The molecule has 16 heavy (non-hydrogen) atoms. The van der Waals surface area contributed by atoms with E-state index in [1.807, 2.05) is 0 Å². The third-order valence-corrected chi connectivity index (χ3v) is 4.88. The maximum Gasteiger partial charge on any atom is 0.146 e. The second kappa shape index (κ2) is 8.57. The molecule has 0 radical (unpaired) electrons. The normalized spacial score (nSPS) is 26.1. The molecule has 0 bridgehead atoms. The summed E-state index contributed by atoms with van der Waals surface area (Å²) in [6.07, 6.45) is 14.5. The van der Waals surface area contributed by atoms with Gasteiger partial charge in [0.2, 0.25) is 0 Å². The van der Waals surface area contributed by atoms with Gasteiger partial charge < -0.3 is 0 Å². The monoisotopic (exact) mass is 240 g/mol. The molecule has 0 spiro atoms. The molecule has 0 aliphatic carbocycles. The van der Waals surface area contributed by atoms with Crippen molar-refractivity contribution in [1.82, 2.24) is 0 Å². The van der Waals surface area contributed by atoms with Crippen LogP contribution in [0.25, 0.3) is 0 Å². The summed E-state index contributed by atoms with van der Waals surface area (Å²) >= 11 is 0. The van der Waals surface area contributed by atoms with Crippen molar-refractivity contribution in [3.05, 3.63) is 0 Å². The molecule has 0 aromatic heterocycles. The average Bonchev–Trinajstić information content (AvgIpc) is 2.28. The lowest BCUT2D eigenvalue weighted by Gasteiger charge is -2.34. The first-order valence-electron chi connectivity index (χ1n) is 7.49. The highest BCUT2D eigenvalue weighted by Crippen LogP contribution is 2.41. The maximum atomic E-state index is 2.85. The Kier molecular flexibility index (Phi) is 7.79. The zero-order valence-electron chi connectivity index (χ0n) is 11.4. The Labute approximate surface area is 106 Å². The van der Waals surface area contributed by atoms with Crippen LogP contribution in [0.1, 0.15) is 65.2 Å². The molecule has 1 heterocycles. The van der Waals surface area contributed by atoms with Crippen LogP contribution in [-0.4, -0.2) is 12.9 Å². The molecule has 1 saturated heterocycles. The van der Waals surface area contributed by atoms with Crippen molar-refractivity contribution in [1.29, 1.82) is 0 Å². The van der Waals surface area contributed by atoms with Crippen LogP contribution in [0.3, 0.4) is 0 Å². The molecule has 1 aliphatic heterocycles. The van der Waals surface area contributed by atoms with Gasteiger partial charge in [0, 0.05) is 0 Å². The van der Waals surface area contributed by atoms with Gasteiger partial charge in [-0.1, -0.05) is 76.7 Å². The van der Waals surface area contributed by atoms with Gasteiger partial charge in [-0.05, 0) is 12.6 Å². The fourth-order valence-electron chi connectivity index (χ4n) is 3.55. The summed E-state index contributed by atoms with van der Waals surface area (Å²) in [5.74, 6) is 2.06. The predicted molar refractivity (Wildman–Crippen MR) is 80.9 cm³/mol. The number of hydrogen-bond acceptors (Lipinski definition) is 0. The van der Waals surface area contributed by atoms with Gasteiger partial charge in [0.05, 0.1) is 0 Å². The third-order valence-electron chi connectivity index (χ3n) is 4.47. The largest absolute Gasteiger partial charge is 0.146 e. The van der Waals surface area contributed by atoms with E-state index in [-0.39, 0.29) is 0 Å². The Balaban J connectivity index is 2.31. The van der Waals surface area contributed by atoms with Gasteiger partial charge in [0.1, 0.15) is 6.71 Å². The molecular formula is C14H30BP. The number of hydrogen-bond donors (Lipinski definition) is 0. The number of rotatable bonds is 7. The van der Waals surface area contributed by atoms with Crippen LogP contribution < -0.4 is 0 Å². The summed E-state index contributed by atoms with van der Waals surface area (Å²) in [7, 11) is 2.85. The van der Waals surface area contributed by atoms with Crippen molar-refractivity contribution in [2.24, 2.45) is 0 Å². The summed E-state index contributed by atoms with van der Waals surface area (Å²) < 4.78 is 0. The van der Waals surface area contributed by atoms with Gasteiger partial charge in [-0.3, -0.25) is 0 Å². The van der Waals surface area contributed by atoms with Gasteiger partial charge in [-0.2, -0.15) is 0 Å². The Bertz CT molecular complexity index is 170. The average molecular weight is 240 g/mol. The van der Waals surface area contributed by atoms with Crippen molar-refractivity contribution in [3.8, 4) is 0 Å². The third kappa shape index (κ3) is 4.78. The minimum absolute atomic E-state index is 1.00. The van der Waals surface area contributed by atoms with E-state index in [2.05, 4.69) is 23.1 Å². The van der Waals surface area contributed by atoms with E-state index in [9.17, 15) is 0 Å². The van der Waals surface area contributed by atoms with E-state index in [1.54, 1.807) is 0 Å². The van der Waals surface area contributed by atoms with Crippen molar-refractivity contribution >= 4 is 16.0 Å². The fraction of sp³-hybridized carbons (Fsp3) is 1.00. The smallest absolute Gasteiger partial charge is 0.138 e. The molecular weight excluding hydrogens is 210 g/mol. The molecule has 0 aromatic rings. The number of unbranched alkanes of at least 4 members (excludes halogenated alkanes) is 2. The molecule has 94 valence electrons. The maximum absolute atomic E-state index is 2.85. The summed E-state index contributed by atoms with van der Waals surface area (Å²) in [5.41, 5.74) is 0. The fourth-order valence-corrected chi connectivity index (χ4v) is 3.83. The van der Waals surface area contributed by atoms with E-state index in [0.717, 1.165) is 18.3 Å². The first-order valence-corrected chi connectivity index (χ1v) is 8.31. The molecule has 1 aliphatic rings. The van der Waals surface area contributed by atoms with Gasteiger partial charge in [0.15, 0.2) is 0 Å². The Morgan fingerprint density at radius 3 is 2.69 bits per heavy atom. The van der Waals surface area contributed by atoms with E-state index in [0.29, 0.717) is 0 Å². The molecule has 0 nitrogen and oxygen atoms in total. The Morgan fingerprint density at radius 2 is 2.00 bits per heavy atom. The molecule has 0 amide bonds. The van der Waals surface area contributed by atoms with Crippen LogP contribution in [0.2, 0.25) is 18.0 Å². The second-order valence-electron chi connectivity index (χ2n) is 5.76. The van der Waals surface area contributed by atoms with Crippen LogP contribution in [-0.2, 0) is 0 Å². The van der Waals surface area contributed by atoms with Crippen molar-refractivity contribution < 1.29 is 0 Å². The quantitative estimate of drug-likeness (QED) is 0.323. The van der Waals surface area contributed by atoms with Gasteiger partial charge in [0.25, 0.3) is 0 Å². The molecule has 1 fully saturated rings. The summed E-state index contributed by atoms with van der Waals surface area (Å²) in [5, 5.41) is 0. The lowest BCUT2D eigenvalue weighted by molar-refractivity contribution is 0.535. The van der Waals surface area contributed by atoms with E-state index in [4.69, 9.17) is 0 Å². The summed E-state index contributed by atoms with van der Waals surface area (Å²) in [6.45, 7) is 5.91. The van der Waals surface area contributed by atoms with Crippen molar-refractivity contribution in [3.63, 3.8) is 0 Å². The van der Waals surface area contributed by atoms with Crippen LogP contribution in [0.4, 0.5) is 0 Å². The molecule has 3 atom stereocenters. The molecule has 1 rings (SSSR count). The highest BCUT2D eigenvalue weighted by Gasteiger charge is 2.32. The topological polar surface area (TPSA) is 0 Å². The zero-order chi connectivity index (χ0) is 11.8. The lowest BCUT2D eigenvalue weighted by atomic mass is 9.28. The minimum atomic E-state index is 1.00. The first kappa shape index (κ1) is 14.6. The van der Waals surface area contributed by atoms with Crippen molar-refractivity contribution in [2.45, 2.75) is 83.2 Å². The van der Waals surface area contributed by atoms with E-state index >= 15 is 0 Å². The summed E-state index contributed by atoms with van der Waals surface area (Å²) in [6, 6.07) is 0. The SMILES string of the molecule is CCCC1CCCC(C)B1CCCCCP. The standard InChI is InChI=1S/C14H30BP/c1-3-8-14-10-7-9-13(2)15(14)11-5-4-6-12-16/h13-14H,3-12,16H2,1-2H3. The predicted octanol–water partition coefficient (Wildman–Crippen LogP) is 5.27. The molecule has 0 N–H and O–H groups in total. The minimum Gasteiger partial charge on any atom is -0.138 e. The van der Waals surface area contributed by atoms with Crippen LogP contribution >= 0.6 is 9.24 Å². The molecule has 2 heteroatoms. The van der Waals surface area contributed by atoms with Crippen molar-refractivity contribution in [2.75, 3.05) is 6.16 Å². The van der Waals surface area contributed by atoms with Gasteiger partial charge in [-0.25, -0.2) is 0 Å². The van der Waals surface area contributed by atoms with E-state index < -0.39 is 0 Å². The zero-order valence-corrected chi connectivity index (χ0v) is 12.5.